The molecule has 7 nitrogen and oxygen atoms in total. The zero-order valence-corrected chi connectivity index (χ0v) is 12.4. The maximum atomic E-state index is 12.5. The summed E-state index contributed by atoms with van der Waals surface area (Å²) in [5.74, 6) is -1.54. The third-order valence-corrected chi connectivity index (χ3v) is 3.53. The van der Waals surface area contributed by atoms with Crippen LogP contribution in [0.25, 0.3) is 0 Å². The third kappa shape index (κ3) is 2.75. The summed E-state index contributed by atoms with van der Waals surface area (Å²) in [7, 11) is 0. The molecule has 2 heterocycles. The Hall–Kier alpha value is -2.35. The molecule has 21 heavy (non-hydrogen) atoms. The van der Waals surface area contributed by atoms with Gasteiger partial charge in [-0.2, -0.15) is 0 Å². The number of nitrogens with one attached hydrogen (secondary N) is 1. The smallest absolute Gasteiger partial charge is 0.273 e. The monoisotopic (exact) mass is 306 g/mol. The van der Waals surface area contributed by atoms with Gasteiger partial charge in [-0.3, -0.25) is 24.7 Å². The van der Waals surface area contributed by atoms with Gasteiger partial charge in [-0.25, -0.2) is 0 Å². The number of hydrogen-bond acceptors (Lipinski definition) is 5. The van der Waals surface area contributed by atoms with E-state index in [1.165, 1.54) is 17.2 Å². The van der Waals surface area contributed by atoms with E-state index in [1.54, 1.807) is 19.9 Å². The number of nitrogens with two attached hydrogens (primary N) is 1. The van der Waals surface area contributed by atoms with Gasteiger partial charge in [0.1, 0.15) is 22.8 Å². The van der Waals surface area contributed by atoms with Crippen LogP contribution < -0.4 is 11.1 Å². The van der Waals surface area contributed by atoms with Gasteiger partial charge in [0.2, 0.25) is 5.91 Å². The minimum absolute atomic E-state index is 0.116. The molecular formula is C13H14N4O3S. The van der Waals surface area contributed by atoms with Crippen molar-refractivity contribution in [2.24, 2.45) is 5.73 Å². The van der Waals surface area contributed by atoms with Crippen LogP contribution in [0.2, 0.25) is 0 Å². The number of piperazine rings is 1. The summed E-state index contributed by atoms with van der Waals surface area (Å²) in [6, 6.07) is 3.03. The fourth-order valence-corrected chi connectivity index (χ4v) is 2.03. The van der Waals surface area contributed by atoms with E-state index < -0.39 is 23.3 Å². The van der Waals surface area contributed by atoms with E-state index in [1.807, 2.05) is 0 Å². The SMILES string of the molecule is CC1(C)C(=O)NC(=O)CN1C(=O)c1ccc(C(N)=S)cn1. The van der Waals surface area contributed by atoms with Gasteiger partial charge in [-0.1, -0.05) is 12.2 Å². The quantitative estimate of drug-likeness (QED) is 0.568. The lowest BCUT2D eigenvalue weighted by Gasteiger charge is -2.39. The Morgan fingerprint density at radius 2 is 2.10 bits per heavy atom. The van der Waals surface area contributed by atoms with Crippen LogP contribution in [-0.2, 0) is 9.59 Å². The highest BCUT2D eigenvalue weighted by atomic mass is 32.1. The highest BCUT2D eigenvalue weighted by molar-refractivity contribution is 7.80. The van der Waals surface area contributed by atoms with E-state index in [2.05, 4.69) is 10.3 Å². The second kappa shape index (κ2) is 5.21. The molecule has 1 aliphatic rings. The van der Waals surface area contributed by atoms with Crippen molar-refractivity contribution in [2.45, 2.75) is 19.4 Å². The molecule has 2 rings (SSSR count). The average molecular weight is 306 g/mol. The number of rotatable bonds is 2. The van der Waals surface area contributed by atoms with Crippen LogP contribution in [0.5, 0.6) is 0 Å². The van der Waals surface area contributed by atoms with E-state index in [-0.39, 0.29) is 17.2 Å². The number of carbonyl (C=O) groups is 3. The van der Waals surface area contributed by atoms with Crippen molar-refractivity contribution in [3.63, 3.8) is 0 Å². The summed E-state index contributed by atoms with van der Waals surface area (Å²) in [6.45, 7) is 2.93. The minimum atomic E-state index is -1.13. The Morgan fingerprint density at radius 3 is 2.62 bits per heavy atom. The molecule has 0 aromatic carbocycles. The first-order valence-corrected chi connectivity index (χ1v) is 6.56. The zero-order chi connectivity index (χ0) is 15.8. The molecule has 0 unspecified atom stereocenters. The third-order valence-electron chi connectivity index (χ3n) is 3.30. The molecular weight excluding hydrogens is 292 g/mol. The normalized spacial score (nSPS) is 17.3. The average Bonchev–Trinajstić information content (AvgIpc) is 2.42. The van der Waals surface area contributed by atoms with E-state index in [0.717, 1.165) is 0 Å². The van der Waals surface area contributed by atoms with Gasteiger partial charge < -0.3 is 10.6 Å². The molecule has 3 amide bonds. The number of pyridine rings is 1. The highest BCUT2D eigenvalue weighted by Crippen LogP contribution is 2.20. The lowest BCUT2D eigenvalue weighted by atomic mass is 9.98. The summed E-state index contributed by atoms with van der Waals surface area (Å²) < 4.78 is 0. The molecule has 0 atom stereocenters. The van der Waals surface area contributed by atoms with E-state index >= 15 is 0 Å². The maximum Gasteiger partial charge on any atom is 0.273 e. The van der Waals surface area contributed by atoms with Gasteiger partial charge in [-0.05, 0) is 26.0 Å². The van der Waals surface area contributed by atoms with Crippen molar-refractivity contribution in [3.05, 3.63) is 29.6 Å². The van der Waals surface area contributed by atoms with Crippen LogP contribution in [0.4, 0.5) is 0 Å². The van der Waals surface area contributed by atoms with Crippen molar-refractivity contribution in [3.8, 4) is 0 Å². The Balaban J connectivity index is 2.31. The summed E-state index contributed by atoms with van der Waals surface area (Å²) in [5, 5.41) is 2.20. The van der Waals surface area contributed by atoms with Crippen LogP contribution in [-0.4, -0.2) is 44.7 Å². The molecule has 1 aliphatic heterocycles. The molecule has 0 saturated carbocycles. The largest absolute Gasteiger partial charge is 0.389 e. The summed E-state index contributed by atoms with van der Waals surface area (Å²) in [6.07, 6.45) is 1.38. The molecule has 1 aromatic heterocycles. The van der Waals surface area contributed by atoms with Crippen LogP contribution >= 0.6 is 12.2 Å². The number of aromatic nitrogens is 1. The topological polar surface area (TPSA) is 105 Å². The second-order valence-electron chi connectivity index (χ2n) is 5.12. The van der Waals surface area contributed by atoms with E-state index in [0.29, 0.717) is 5.56 Å². The molecule has 1 aromatic rings. The fourth-order valence-electron chi connectivity index (χ4n) is 1.91. The lowest BCUT2D eigenvalue weighted by Crippen LogP contribution is -2.65. The summed E-state index contributed by atoms with van der Waals surface area (Å²) in [4.78, 5) is 41.1. The Bertz CT molecular complexity index is 639. The van der Waals surface area contributed by atoms with Gasteiger partial charge in [0.25, 0.3) is 11.8 Å². The maximum absolute atomic E-state index is 12.5. The number of thiocarbonyl (C=S) groups is 1. The van der Waals surface area contributed by atoms with E-state index in [9.17, 15) is 14.4 Å². The van der Waals surface area contributed by atoms with Gasteiger partial charge in [-0.15, -0.1) is 0 Å². The molecule has 0 bridgehead atoms. The van der Waals surface area contributed by atoms with Crippen molar-refractivity contribution >= 4 is 34.9 Å². The molecule has 1 saturated heterocycles. The van der Waals surface area contributed by atoms with Gasteiger partial charge in [0.05, 0.1) is 0 Å². The predicted octanol–water partition coefficient (Wildman–Crippen LogP) is -0.407. The van der Waals surface area contributed by atoms with Gasteiger partial charge in [0.15, 0.2) is 0 Å². The summed E-state index contributed by atoms with van der Waals surface area (Å²) >= 11 is 4.81. The van der Waals surface area contributed by atoms with Gasteiger partial charge in [0, 0.05) is 11.8 Å². The van der Waals surface area contributed by atoms with Crippen molar-refractivity contribution in [1.29, 1.82) is 0 Å². The minimum Gasteiger partial charge on any atom is -0.389 e. The first-order chi connectivity index (χ1) is 9.73. The number of imide groups is 1. The molecule has 110 valence electrons. The Kier molecular flexibility index (Phi) is 3.73. The molecule has 0 aliphatic carbocycles. The number of amides is 3. The standard InChI is InChI=1S/C13H14N4O3S/c1-13(2)12(20)16-9(18)6-17(13)11(19)8-4-3-7(5-15-8)10(14)21/h3-5H,6H2,1-2H3,(H2,14,21)(H,16,18,20). The Labute approximate surface area is 126 Å². The molecule has 3 N–H and O–H groups in total. The lowest BCUT2D eigenvalue weighted by molar-refractivity contribution is -0.143. The van der Waals surface area contributed by atoms with Gasteiger partial charge >= 0.3 is 0 Å². The van der Waals surface area contributed by atoms with Crippen LogP contribution in [0.15, 0.2) is 18.3 Å². The molecule has 0 radical (unpaired) electrons. The Morgan fingerprint density at radius 1 is 1.43 bits per heavy atom. The fraction of sp³-hybridized carbons (Fsp3) is 0.308. The number of hydrogen-bond donors (Lipinski definition) is 2. The van der Waals surface area contributed by atoms with Crippen LogP contribution in [0.1, 0.15) is 29.9 Å². The predicted molar refractivity (Wildman–Crippen MR) is 78.4 cm³/mol. The molecule has 0 spiro atoms. The van der Waals surface area contributed by atoms with Crippen molar-refractivity contribution in [2.75, 3.05) is 6.54 Å². The molecule has 8 heteroatoms. The zero-order valence-electron chi connectivity index (χ0n) is 11.5. The van der Waals surface area contributed by atoms with Crippen LogP contribution in [0.3, 0.4) is 0 Å². The highest BCUT2D eigenvalue weighted by Gasteiger charge is 2.44. The van der Waals surface area contributed by atoms with Crippen LogP contribution in [0, 0.1) is 0 Å². The van der Waals surface area contributed by atoms with Crippen molar-refractivity contribution in [1.82, 2.24) is 15.2 Å². The van der Waals surface area contributed by atoms with E-state index in [4.69, 9.17) is 18.0 Å². The second-order valence-corrected chi connectivity index (χ2v) is 5.56. The first kappa shape index (κ1) is 15.0. The summed E-state index contributed by atoms with van der Waals surface area (Å²) in [5.41, 5.74) is 4.98. The first-order valence-electron chi connectivity index (χ1n) is 6.15. The number of nitrogens with zero attached hydrogens (tertiary/aromatic N) is 2. The van der Waals surface area contributed by atoms with Crippen molar-refractivity contribution < 1.29 is 14.4 Å². The molecule has 1 fully saturated rings. The number of carbonyl (C=O) groups excluding carboxylic acids is 3.